The van der Waals surface area contributed by atoms with Gasteiger partial charge >= 0.3 is 5.97 Å². The van der Waals surface area contributed by atoms with E-state index in [1.807, 2.05) is 90.8 Å². The lowest BCUT2D eigenvalue weighted by Crippen LogP contribution is -2.53. The second kappa shape index (κ2) is 12.1. The maximum atomic E-state index is 12.6. The van der Waals surface area contributed by atoms with Gasteiger partial charge in [-0.3, -0.25) is 15.1 Å². The molecule has 0 amide bonds. The van der Waals surface area contributed by atoms with Crippen LogP contribution in [-0.4, -0.2) is 55.8 Å². The monoisotopic (exact) mass is 490 g/mol. The number of carboxylic acids is 1. The van der Waals surface area contributed by atoms with Crippen molar-refractivity contribution in [2.45, 2.75) is 24.4 Å². The van der Waals surface area contributed by atoms with E-state index >= 15 is 0 Å². The van der Waals surface area contributed by atoms with Gasteiger partial charge in [-0.2, -0.15) is 0 Å². The lowest BCUT2D eigenvalue weighted by atomic mass is 9.74. The van der Waals surface area contributed by atoms with Crippen molar-refractivity contribution in [3.63, 3.8) is 0 Å². The van der Waals surface area contributed by atoms with Gasteiger partial charge in [0.2, 0.25) is 0 Å². The molecule has 8 nitrogen and oxygen atoms in total. The zero-order valence-corrected chi connectivity index (χ0v) is 20.9. The van der Waals surface area contributed by atoms with Gasteiger partial charge < -0.3 is 25.6 Å². The van der Waals surface area contributed by atoms with Gasteiger partial charge in [0.1, 0.15) is 17.5 Å². The zero-order valence-electron chi connectivity index (χ0n) is 20.9. The normalized spacial score (nSPS) is 12.1. The first kappa shape index (κ1) is 26.6. The third-order valence-electron chi connectivity index (χ3n) is 6.46. The summed E-state index contributed by atoms with van der Waals surface area (Å²) in [6, 6.07) is 24.5. The fourth-order valence-corrected chi connectivity index (χ4v) is 4.69. The molecule has 0 aliphatic rings. The van der Waals surface area contributed by atoms with Crippen molar-refractivity contribution in [3.05, 3.63) is 95.6 Å². The number of hydrogen-bond donors (Lipinski definition) is 4. The molecule has 0 bridgehead atoms. The summed E-state index contributed by atoms with van der Waals surface area (Å²) >= 11 is 0. The molecule has 0 radical (unpaired) electrons. The van der Waals surface area contributed by atoms with Gasteiger partial charge in [-0.25, -0.2) is 0 Å². The van der Waals surface area contributed by atoms with Gasteiger partial charge in [0.15, 0.2) is 5.96 Å². The molecule has 0 saturated carbocycles. The van der Waals surface area contributed by atoms with E-state index < -0.39 is 17.6 Å². The van der Waals surface area contributed by atoms with Crippen LogP contribution in [-0.2, 0) is 10.3 Å². The SMILES string of the molecule is COc1ccc(C(c2ccccc2)(c2ccc(OC)cc2)N(C)[C@@H](CCCNC(=N)N)C(=O)O)cc1. The summed E-state index contributed by atoms with van der Waals surface area (Å²) in [5.41, 5.74) is 7.19. The number of likely N-dealkylation sites (N-methyl/N-ethyl adjacent to an activating group) is 1. The van der Waals surface area contributed by atoms with Crippen LogP contribution in [0.1, 0.15) is 29.5 Å². The number of nitrogens with two attached hydrogens (primary N) is 1. The Labute approximate surface area is 212 Å². The zero-order chi connectivity index (χ0) is 26.1. The molecule has 36 heavy (non-hydrogen) atoms. The molecule has 0 spiro atoms. The van der Waals surface area contributed by atoms with E-state index in [1.165, 1.54) is 0 Å². The van der Waals surface area contributed by atoms with Crippen LogP contribution >= 0.6 is 0 Å². The smallest absolute Gasteiger partial charge is 0.320 e. The van der Waals surface area contributed by atoms with E-state index in [0.717, 1.165) is 16.7 Å². The second-order valence-corrected chi connectivity index (χ2v) is 8.48. The maximum Gasteiger partial charge on any atom is 0.320 e. The molecule has 0 saturated heterocycles. The number of carbonyl (C=O) groups is 1. The summed E-state index contributed by atoms with van der Waals surface area (Å²) < 4.78 is 10.8. The molecule has 8 heteroatoms. The van der Waals surface area contributed by atoms with Gasteiger partial charge in [0, 0.05) is 6.54 Å². The highest BCUT2D eigenvalue weighted by atomic mass is 16.5. The third-order valence-corrected chi connectivity index (χ3v) is 6.46. The van der Waals surface area contributed by atoms with E-state index in [9.17, 15) is 9.90 Å². The van der Waals surface area contributed by atoms with Gasteiger partial charge in [-0.05, 0) is 60.8 Å². The molecular weight excluding hydrogens is 456 g/mol. The number of aliphatic carboxylic acids is 1. The van der Waals surface area contributed by atoms with Crippen LogP contribution in [0.15, 0.2) is 78.9 Å². The lowest BCUT2D eigenvalue weighted by Gasteiger charge is -2.46. The largest absolute Gasteiger partial charge is 0.497 e. The fourth-order valence-electron chi connectivity index (χ4n) is 4.69. The molecule has 0 unspecified atom stereocenters. The molecule has 0 aliphatic heterocycles. The average Bonchev–Trinajstić information content (AvgIpc) is 2.90. The number of carboxylic acid groups (broad SMARTS) is 1. The molecule has 3 rings (SSSR count). The molecule has 5 N–H and O–H groups in total. The number of hydrogen-bond acceptors (Lipinski definition) is 5. The summed E-state index contributed by atoms with van der Waals surface area (Å²) in [5, 5.41) is 20.5. The Bertz CT molecular complexity index is 1090. The predicted molar refractivity (Wildman–Crippen MR) is 141 cm³/mol. The Balaban J connectivity index is 2.23. The topological polar surface area (TPSA) is 121 Å². The van der Waals surface area contributed by atoms with Crippen LogP contribution in [0.3, 0.4) is 0 Å². The molecule has 0 fully saturated rings. The lowest BCUT2D eigenvalue weighted by molar-refractivity contribution is -0.144. The summed E-state index contributed by atoms with van der Waals surface area (Å²) in [4.78, 5) is 14.6. The van der Waals surface area contributed by atoms with Crippen LogP contribution in [0.2, 0.25) is 0 Å². The molecule has 0 aromatic heterocycles. The van der Waals surface area contributed by atoms with Gasteiger partial charge in [0.25, 0.3) is 0 Å². The van der Waals surface area contributed by atoms with Crippen molar-refractivity contribution in [2.75, 3.05) is 27.8 Å². The summed E-state index contributed by atoms with van der Waals surface area (Å²) in [6.45, 7) is 0.413. The van der Waals surface area contributed by atoms with E-state index in [2.05, 4.69) is 5.32 Å². The minimum atomic E-state index is -0.934. The summed E-state index contributed by atoms with van der Waals surface area (Å²) in [5.74, 6) is 0.361. The number of rotatable bonds is 12. The van der Waals surface area contributed by atoms with Crippen LogP contribution in [0.4, 0.5) is 0 Å². The van der Waals surface area contributed by atoms with Crippen molar-refractivity contribution >= 4 is 11.9 Å². The van der Waals surface area contributed by atoms with Gasteiger partial charge in [0.05, 0.1) is 19.8 Å². The number of guanidine groups is 1. The Kier molecular flexibility index (Phi) is 8.91. The molecular formula is C28H34N4O4. The highest BCUT2D eigenvalue weighted by Crippen LogP contribution is 2.44. The van der Waals surface area contributed by atoms with E-state index in [0.29, 0.717) is 30.9 Å². The molecule has 3 aromatic rings. The number of benzene rings is 3. The highest BCUT2D eigenvalue weighted by Gasteiger charge is 2.45. The summed E-state index contributed by atoms with van der Waals surface area (Å²) in [6.07, 6.45) is 0.879. The number of ether oxygens (including phenoxy) is 2. The summed E-state index contributed by atoms with van der Waals surface area (Å²) in [7, 11) is 5.08. The average molecular weight is 491 g/mol. The number of nitrogens with zero attached hydrogens (tertiary/aromatic N) is 1. The van der Waals surface area contributed by atoms with Crippen molar-refractivity contribution in [1.82, 2.24) is 10.2 Å². The third kappa shape index (κ3) is 5.60. The van der Waals surface area contributed by atoms with Gasteiger partial charge in [-0.1, -0.05) is 54.6 Å². The second-order valence-electron chi connectivity index (χ2n) is 8.48. The quantitative estimate of drug-likeness (QED) is 0.132. The Morgan fingerprint density at radius 1 is 0.944 bits per heavy atom. The van der Waals surface area contributed by atoms with Crippen molar-refractivity contribution in [3.8, 4) is 11.5 Å². The standard InChI is InChI=1S/C28H34N4O4/c1-32(25(26(33)34)10-7-19-31-27(29)30)28(20-8-5-4-6-9-20,21-11-15-23(35-2)16-12-21)22-13-17-24(36-3)18-14-22/h4-6,8-9,11-18,25H,7,10,19H2,1-3H3,(H,33,34)(H4,29,30,31)/t25-/m0/s1. The molecule has 3 aromatic carbocycles. The fraction of sp³-hybridized carbons (Fsp3) is 0.286. The van der Waals surface area contributed by atoms with Crippen LogP contribution in [0, 0.1) is 5.41 Å². The Morgan fingerprint density at radius 3 is 1.83 bits per heavy atom. The van der Waals surface area contributed by atoms with Crippen LogP contribution in [0.25, 0.3) is 0 Å². The van der Waals surface area contributed by atoms with E-state index in [-0.39, 0.29) is 5.96 Å². The molecule has 1 atom stereocenters. The minimum absolute atomic E-state index is 0.134. The molecule has 190 valence electrons. The maximum absolute atomic E-state index is 12.6. The van der Waals surface area contributed by atoms with Crippen LogP contribution < -0.4 is 20.5 Å². The van der Waals surface area contributed by atoms with E-state index in [1.54, 1.807) is 14.2 Å². The first-order valence-electron chi connectivity index (χ1n) is 11.7. The van der Waals surface area contributed by atoms with Gasteiger partial charge in [-0.15, -0.1) is 0 Å². The highest BCUT2D eigenvalue weighted by molar-refractivity contribution is 5.75. The van der Waals surface area contributed by atoms with E-state index in [4.69, 9.17) is 20.6 Å². The van der Waals surface area contributed by atoms with Crippen molar-refractivity contribution in [1.29, 1.82) is 5.41 Å². The predicted octanol–water partition coefficient (Wildman–Crippen LogP) is 3.64. The number of methoxy groups -OCH3 is 2. The molecule has 0 aliphatic carbocycles. The molecule has 0 heterocycles. The van der Waals surface area contributed by atoms with Crippen molar-refractivity contribution in [2.24, 2.45) is 5.73 Å². The first-order chi connectivity index (χ1) is 17.3. The Morgan fingerprint density at radius 2 is 1.42 bits per heavy atom. The minimum Gasteiger partial charge on any atom is -0.497 e. The van der Waals surface area contributed by atoms with Crippen molar-refractivity contribution < 1.29 is 19.4 Å². The first-order valence-corrected chi connectivity index (χ1v) is 11.7. The Hall–Kier alpha value is -4.04. The number of nitrogens with one attached hydrogen (secondary N) is 2. The van der Waals surface area contributed by atoms with Crippen LogP contribution in [0.5, 0.6) is 11.5 Å².